The molecule has 0 radical (unpaired) electrons. The molecule has 0 saturated heterocycles. The van der Waals surface area contributed by atoms with E-state index in [4.69, 9.17) is 5.73 Å². The maximum Gasteiger partial charge on any atom is 0.416 e. The second kappa shape index (κ2) is 5.58. The first-order chi connectivity index (χ1) is 9.65. The van der Waals surface area contributed by atoms with Gasteiger partial charge in [0.05, 0.1) is 10.5 Å². The minimum absolute atomic E-state index is 0.0148. The number of rotatable bonds is 5. The molecular formula is C13H17F3N2O2S. The highest BCUT2D eigenvalue weighted by molar-refractivity contribution is 7.89. The zero-order valence-electron chi connectivity index (χ0n) is 11.4. The summed E-state index contributed by atoms with van der Waals surface area (Å²) in [5.41, 5.74) is 4.56. The molecule has 1 aromatic rings. The van der Waals surface area contributed by atoms with Gasteiger partial charge in [-0.3, -0.25) is 0 Å². The Hall–Kier alpha value is -1.12. The van der Waals surface area contributed by atoms with Crippen LogP contribution in [0.5, 0.6) is 0 Å². The van der Waals surface area contributed by atoms with Crippen molar-refractivity contribution in [2.75, 3.05) is 6.54 Å². The molecule has 1 saturated carbocycles. The van der Waals surface area contributed by atoms with Gasteiger partial charge in [0, 0.05) is 12.6 Å². The molecule has 0 heterocycles. The number of hydrogen-bond donors (Lipinski definition) is 2. The quantitative estimate of drug-likeness (QED) is 0.871. The molecule has 0 spiro atoms. The Labute approximate surface area is 121 Å². The van der Waals surface area contributed by atoms with Gasteiger partial charge in [0.25, 0.3) is 0 Å². The summed E-state index contributed by atoms with van der Waals surface area (Å²) in [6.07, 6.45) is -2.82. The van der Waals surface area contributed by atoms with Gasteiger partial charge in [0.1, 0.15) is 0 Å². The molecule has 0 unspecified atom stereocenters. The van der Waals surface area contributed by atoms with Crippen molar-refractivity contribution in [1.29, 1.82) is 0 Å². The molecule has 0 amide bonds. The van der Waals surface area contributed by atoms with Gasteiger partial charge in [0.15, 0.2) is 0 Å². The van der Waals surface area contributed by atoms with Crippen molar-refractivity contribution in [2.45, 2.75) is 36.9 Å². The molecule has 21 heavy (non-hydrogen) atoms. The molecule has 0 aliphatic heterocycles. The van der Waals surface area contributed by atoms with E-state index in [2.05, 4.69) is 4.72 Å². The van der Waals surface area contributed by atoms with Gasteiger partial charge < -0.3 is 5.73 Å². The van der Waals surface area contributed by atoms with Crippen molar-refractivity contribution >= 4 is 10.0 Å². The molecule has 0 aromatic heterocycles. The van der Waals surface area contributed by atoms with Gasteiger partial charge in [-0.2, -0.15) is 13.2 Å². The molecule has 8 heteroatoms. The minimum Gasteiger partial charge on any atom is -0.329 e. The summed E-state index contributed by atoms with van der Waals surface area (Å²) in [6, 6.07) is 2.57. The van der Waals surface area contributed by atoms with Gasteiger partial charge in [-0.1, -0.05) is 6.07 Å². The van der Waals surface area contributed by atoms with Crippen LogP contribution in [0.3, 0.4) is 0 Å². The lowest BCUT2D eigenvalue weighted by Crippen LogP contribution is -2.41. The molecule has 1 aromatic carbocycles. The lowest BCUT2D eigenvalue weighted by Gasteiger charge is -2.17. The normalized spacial score (nSPS) is 17.8. The van der Waals surface area contributed by atoms with Gasteiger partial charge >= 0.3 is 6.18 Å². The lowest BCUT2D eigenvalue weighted by atomic mass is 10.1. The van der Waals surface area contributed by atoms with Crippen LogP contribution in [0.1, 0.15) is 24.0 Å². The summed E-state index contributed by atoms with van der Waals surface area (Å²) in [5.74, 6) is 0.178. The van der Waals surface area contributed by atoms with Crippen LogP contribution in [0, 0.1) is 12.8 Å². The van der Waals surface area contributed by atoms with Crippen LogP contribution in [0.2, 0.25) is 0 Å². The maximum atomic E-state index is 12.8. The number of nitrogens with two attached hydrogens (primary N) is 1. The number of alkyl halides is 3. The van der Waals surface area contributed by atoms with Crippen LogP contribution >= 0.6 is 0 Å². The molecule has 1 atom stereocenters. The molecule has 118 valence electrons. The summed E-state index contributed by atoms with van der Waals surface area (Å²) in [6.45, 7) is 1.42. The first kappa shape index (κ1) is 16.3. The summed E-state index contributed by atoms with van der Waals surface area (Å²) >= 11 is 0. The first-order valence-electron chi connectivity index (χ1n) is 6.55. The zero-order chi connectivity index (χ0) is 15.8. The van der Waals surface area contributed by atoms with Crippen LogP contribution in [-0.2, 0) is 16.2 Å². The monoisotopic (exact) mass is 322 g/mol. The third-order valence-electron chi connectivity index (χ3n) is 3.58. The molecule has 4 nitrogen and oxygen atoms in total. The Morgan fingerprint density at radius 1 is 1.38 bits per heavy atom. The van der Waals surface area contributed by atoms with Crippen molar-refractivity contribution in [3.63, 3.8) is 0 Å². The van der Waals surface area contributed by atoms with E-state index in [1.165, 1.54) is 13.0 Å². The van der Waals surface area contributed by atoms with Gasteiger partial charge in [-0.15, -0.1) is 0 Å². The standard InChI is InChI=1S/C13H17F3N2O2S/c1-8-2-5-10(6-11(8)13(14,15)16)21(19,20)18-12(7-17)9-3-4-9/h2,5-6,9,12,18H,3-4,7,17H2,1H3/t12-/m0/s1. The average molecular weight is 322 g/mol. The van der Waals surface area contributed by atoms with Crippen LogP contribution in [0.4, 0.5) is 13.2 Å². The van der Waals surface area contributed by atoms with Crippen LogP contribution in [0.25, 0.3) is 0 Å². The number of halogens is 3. The first-order valence-corrected chi connectivity index (χ1v) is 8.03. The number of benzene rings is 1. The molecule has 1 aliphatic rings. The fraction of sp³-hybridized carbons (Fsp3) is 0.538. The van der Waals surface area contributed by atoms with Gasteiger partial charge in [-0.25, -0.2) is 13.1 Å². The Kier molecular flexibility index (Phi) is 4.32. The Balaban J connectivity index is 2.31. The lowest BCUT2D eigenvalue weighted by molar-refractivity contribution is -0.138. The largest absolute Gasteiger partial charge is 0.416 e. The second-order valence-corrected chi connectivity index (χ2v) is 6.99. The Morgan fingerprint density at radius 2 is 2.00 bits per heavy atom. The predicted octanol–water partition coefficient (Wildman–Crippen LogP) is 2.03. The number of sulfonamides is 1. The van der Waals surface area contributed by atoms with Gasteiger partial charge in [0.2, 0.25) is 10.0 Å². The van der Waals surface area contributed by atoms with Crippen molar-refractivity contribution in [3.8, 4) is 0 Å². The van der Waals surface area contributed by atoms with Crippen molar-refractivity contribution in [3.05, 3.63) is 29.3 Å². The van der Waals surface area contributed by atoms with E-state index in [-0.39, 0.29) is 22.9 Å². The highest BCUT2D eigenvalue weighted by Crippen LogP contribution is 2.35. The smallest absolute Gasteiger partial charge is 0.329 e. The third kappa shape index (κ3) is 3.75. The van der Waals surface area contributed by atoms with E-state index in [1.807, 2.05) is 0 Å². The third-order valence-corrected chi connectivity index (χ3v) is 5.06. The predicted molar refractivity (Wildman–Crippen MR) is 72.1 cm³/mol. The van der Waals surface area contributed by atoms with Crippen molar-refractivity contribution < 1.29 is 21.6 Å². The topological polar surface area (TPSA) is 72.2 Å². The molecule has 2 rings (SSSR count). The highest BCUT2D eigenvalue weighted by atomic mass is 32.2. The molecule has 1 fully saturated rings. The van der Waals surface area contributed by atoms with Crippen LogP contribution < -0.4 is 10.5 Å². The zero-order valence-corrected chi connectivity index (χ0v) is 12.3. The van der Waals surface area contributed by atoms with E-state index in [1.54, 1.807) is 0 Å². The van der Waals surface area contributed by atoms with E-state index < -0.39 is 27.8 Å². The Morgan fingerprint density at radius 3 is 2.48 bits per heavy atom. The molecular weight excluding hydrogens is 305 g/mol. The van der Waals surface area contributed by atoms with Crippen LogP contribution in [0.15, 0.2) is 23.1 Å². The van der Waals surface area contributed by atoms with Crippen molar-refractivity contribution in [2.24, 2.45) is 11.7 Å². The fourth-order valence-corrected chi connectivity index (χ4v) is 3.52. The van der Waals surface area contributed by atoms with E-state index in [0.29, 0.717) is 6.07 Å². The van der Waals surface area contributed by atoms with E-state index >= 15 is 0 Å². The van der Waals surface area contributed by atoms with Gasteiger partial charge in [-0.05, 0) is 43.4 Å². The second-order valence-electron chi connectivity index (χ2n) is 5.28. The SMILES string of the molecule is Cc1ccc(S(=O)(=O)N[C@@H](CN)C2CC2)cc1C(F)(F)F. The maximum absolute atomic E-state index is 12.8. The summed E-state index contributed by atoms with van der Waals surface area (Å²) in [5, 5.41) is 0. The summed E-state index contributed by atoms with van der Waals surface area (Å²) in [7, 11) is -4.01. The average Bonchev–Trinajstić information content (AvgIpc) is 3.19. The highest BCUT2D eigenvalue weighted by Gasteiger charge is 2.36. The fourth-order valence-electron chi connectivity index (χ4n) is 2.18. The molecule has 0 bridgehead atoms. The number of nitrogens with one attached hydrogen (secondary N) is 1. The van der Waals surface area contributed by atoms with E-state index in [9.17, 15) is 21.6 Å². The molecule has 3 N–H and O–H groups in total. The molecule has 1 aliphatic carbocycles. The van der Waals surface area contributed by atoms with Crippen molar-refractivity contribution in [1.82, 2.24) is 4.72 Å². The van der Waals surface area contributed by atoms with Crippen LogP contribution in [-0.4, -0.2) is 21.0 Å². The number of aryl methyl sites for hydroxylation is 1. The Bertz CT molecular complexity index is 625. The number of hydrogen-bond acceptors (Lipinski definition) is 3. The minimum atomic E-state index is -4.58. The van der Waals surface area contributed by atoms with E-state index in [0.717, 1.165) is 18.9 Å². The summed E-state index contributed by atoms with van der Waals surface area (Å²) in [4.78, 5) is -0.389. The summed E-state index contributed by atoms with van der Waals surface area (Å²) < 4.78 is 65.3.